The maximum absolute atomic E-state index is 12.0. The lowest BCUT2D eigenvalue weighted by atomic mass is 10.1. The zero-order valence-electron chi connectivity index (χ0n) is 13.3. The van der Waals surface area contributed by atoms with Crippen LogP contribution in [0.15, 0.2) is 65.3 Å². The van der Waals surface area contributed by atoms with E-state index in [0.717, 1.165) is 22.2 Å². The summed E-state index contributed by atoms with van der Waals surface area (Å²) in [6.45, 7) is 1.99. The van der Waals surface area contributed by atoms with Gasteiger partial charge in [0.15, 0.2) is 0 Å². The first-order chi connectivity index (χ1) is 11.7. The Morgan fingerprint density at radius 3 is 2.75 bits per heavy atom. The molecule has 6 nitrogen and oxygen atoms in total. The SMILES string of the molecule is CC(/C=N\NC(=O)Cn1nnc2ccccc21)=C\c1ccccc1. The van der Waals surface area contributed by atoms with Crippen LogP contribution in [-0.2, 0) is 11.3 Å². The first kappa shape index (κ1) is 15.6. The van der Waals surface area contributed by atoms with Crippen molar-refractivity contribution >= 4 is 29.2 Å². The number of hydrogen-bond donors (Lipinski definition) is 1. The van der Waals surface area contributed by atoms with Gasteiger partial charge >= 0.3 is 0 Å². The minimum atomic E-state index is -0.255. The van der Waals surface area contributed by atoms with Gasteiger partial charge in [0.25, 0.3) is 5.91 Å². The minimum absolute atomic E-state index is 0.0688. The van der Waals surface area contributed by atoms with Crippen LogP contribution in [0.5, 0.6) is 0 Å². The molecule has 0 aliphatic heterocycles. The van der Waals surface area contributed by atoms with Crippen molar-refractivity contribution in [2.75, 3.05) is 0 Å². The predicted molar refractivity (Wildman–Crippen MR) is 94.3 cm³/mol. The number of amides is 1. The molecular weight excluding hydrogens is 302 g/mol. The molecule has 3 aromatic rings. The number of nitrogens with one attached hydrogen (secondary N) is 1. The van der Waals surface area contributed by atoms with Gasteiger partial charge in [0.1, 0.15) is 12.1 Å². The molecule has 120 valence electrons. The molecule has 0 saturated carbocycles. The lowest BCUT2D eigenvalue weighted by Gasteiger charge is -2.01. The highest BCUT2D eigenvalue weighted by Gasteiger charge is 2.07. The van der Waals surface area contributed by atoms with E-state index in [1.54, 1.807) is 10.9 Å². The number of hydrazone groups is 1. The molecule has 0 saturated heterocycles. The number of benzene rings is 2. The Kier molecular flexibility index (Phi) is 4.76. The quantitative estimate of drug-likeness (QED) is 0.580. The zero-order chi connectivity index (χ0) is 16.8. The minimum Gasteiger partial charge on any atom is -0.271 e. The van der Waals surface area contributed by atoms with E-state index in [2.05, 4.69) is 20.8 Å². The van der Waals surface area contributed by atoms with Crippen LogP contribution >= 0.6 is 0 Å². The largest absolute Gasteiger partial charge is 0.271 e. The van der Waals surface area contributed by atoms with Crippen LogP contribution in [0.25, 0.3) is 17.1 Å². The molecule has 3 rings (SSSR count). The molecule has 1 N–H and O–H groups in total. The average Bonchev–Trinajstić information content (AvgIpc) is 2.99. The molecule has 0 aliphatic carbocycles. The van der Waals surface area contributed by atoms with E-state index in [9.17, 15) is 4.79 Å². The Hall–Kier alpha value is -3.28. The molecule has 1 amide bonds. The molecule has 24 heavy (non-hydrogen) atoms. The van der Waals surface area contributed by atoms with Crippen LogP contribution in [0.1, 0.15) is 12.5 Å². The molecule has 0 atom stereocenters. The smallest absolute Gasteiger partial charge is 0.261 e. The van der Waals surface area contributed by atoms with Gasteiger partial charge in [0.2, 0.25) is 0 Å². The van der Waals surface area contributed by atoms with Crippen LogP contribution in [0, 0.1) is 0 Å². The van der Waals surface area contributed by atoms with E-state index < -0.39 is 0 Å². The highest BCUT2D eigenvalue weighted by atomic mass is 16.2. The number of carbonyl (C=O) groups excluding carboxylic acids is 1. The first-order valence-corrected chi connectivity index (χ1v) is 7.56. The number of aromatic nitrogens is 3. The van der Waals surface area contributed by atoms with Gasteiger partial charge < -0.3 is 0 Å². The van der Waals surface area contributed by atoms with Crippen molar-refractivity contribution in [1.82, 2.24) is 20.4 Å². The van der Waals surface area contributed by atoms with Crippen molar-refractivity contribution in [3.05, 3.63) is 65.7 Å². The molecule has 0 unspecified atom stereocenters. The monoisotopic (exact) mass is 319 g/mol. The standard InChI is InChI=1S/C18H17N5O/c1-14(11-15-7-3-2-4-8-15)12-19-21-18(24)13-23-17-10-6-5-9-16(17)20-22-23/h2-12H,13H2,1H3,(H,21,24)/b14-11+,19-12-. The fourth-order valence-electron chi connectivity index (χ4n) is 2.26. The summed E-state index contributed by atoms with van der Waals surface area (Å²) in [6, 6.07) is 17.4. The van der Waals surface area contributed by atoms with Crippen LogP contribution < -0.4 is 5.43 Å². The van der Waals surface area contributed by atoms with E-state index >= 15 is 0 Å². The van der Waals surface area contributed by atoms with Crippen molar-refractivity contribution in [3.63, 3.8) is 0 Å². The lowest BCUT2D eigenvalue weighted by molar-refractivity contribution is -0.121. The van der Waals surface area contributed by atoms with E-state index in [0.29, 0.717) is 0 Å². The van der Waals surface area contributed by atoms with Crippen molar-refractivity contribution in [2.24, 2.45) is 5.10 Å². The first-order valence-electron chi connectivity index (χ1n) is 7.56. The Labute approximate surface area is 139 Å². The second-order valence-electron chi connectivity index (χ2n) is 5.33. The summed E-state index contributed by atoms with van der Waals surface area (Å²) in [7, 11) is 0. The van der Waals surface area contributed by atoms with Gasteiger partial charge in [-0.25, -0.2) is 10.1 Å². The third-order valence-corrected chi connectivity index (χ3v) is 3.36. The predicted octanol–water partition coefficient (Wildman–Crippen LogP) is 2.64. The van der Waals surface area contributed by atoms with Gasteiger partial charge in [0.05, 0.1) is 11.7 Å². The molecule has 0 bridgehead atoms. The Balaban J connectivity index is 1.58. The number of nitrogens with zero attached hydrogens (tertiary/aromatic N) is 4. The Morgan fingerprint density at radius 2 is 1.92 bits per heavy atom. The Morgan fingerprint density at radius 1 is 1.17 bits per heavy atom. The van der Waals surface area contributed by atoms with E-state index in [1.165, 1.54) is 0 Å². The highest BCUT2D eigenvalue weighted by molar-refractivity contribution is 5.86. The zero-order valence-corrected chi connectivity index (χ0v) is 13.3. The van der Waals surface area contributed by atoms with Crippen molar-refractivity contribution < 1.29 is 4.79 Å². The maximum Gasteiger partial charge on any atom is 0.261 e. The van der Waals surface area contributed by atoms with Gasteiger partial charge in [-0.3, -0.25) is 4.79 Å². The molecular formula is C18H17N5O. The van der Waals surface area contributed by atoms with Crippen molar-refractivity contribution in [1.29, 1.82) is 0 Å². The molecule has 0 spiro atoms. The van der Waals surface area contributed by atoms with Crippen LogP contribution in [0.3, 0.4) is 0 Å². The van der Waals surface area contributed by atoms with Crippen LogP contribution in [0.4, 0.5) is 0 Å². The number of carbonyl (C=O) groups is 1. The molecule has 1 heterocycles. The summed E-state index contributed by atoms with van der Waals surface area (Å²) in [6.07, 6.45) is 3.60. The maximum atomic E-state index is 12.0. The van der Waals surface area contributed by atoms with Gasteiger partial charge in [-0.15, -0.1) is 5.10 Å². The summed E-state index contributed by atoms with van der Waals surface area (Å²) < 4.78 is 1.55. The van der Waals surface area contributed by atoms with Gasteiger partial charge in [0, 0.05) is 0 Å². The Bertz CT molecular complexity index is 896. The van der Waals surface area contributed by atoms with Gasteiger partial charge in [-0.05, 0) is 30.2 Å². The normalized spacial score (nSPS) is 12.0. The molecule has 0 fully saturated rings. The fraction of sp³-hybridized carbons (Fsp3) is 0.111. The number of hydrogen-bond acceptors (Lipinski definition) is 4. The fourth-order valence-corrected chi connectivity index (χ4v) is 2.26. The number of allylic oxidation sites excluding steroid dienone is 1. The van der Waals surface area contributed by atoms with Gasteiger partial charge in [-0.1, -0.05) is 53.8 Å². The number of para-hydroxylation sites is 1. The summed E-state index contributed by atoms with van der Waals surface area (Å²) in [5.74, 6) is -0.255. The van der Waals surface area contributed by atoms with Gasteiger partial charge in [-0.2, -0.15) is 5.10 Å². The lowest BCUT2D eigenvalue weighted by Crippen LogP contribution is -2.23. The summed E-state index contributed by atoms with van der Waals surface area (Å²) >= 11 is 0. The topological polar surface area (TPSA) is 72.2 Å². The summed E-state index contributed by atoms with van der Waals surface area (Å²) in [5, 5.41) is 12.0. The van der Waals surface area contributed by atoms with Crippen molar-refractivity contribution in [3.8, 4) is 0 Å². The molecule has 0 aliphatic rings. The van der Waals surface area contributed by atoms with Crippen LogP contribution in [-0.4, -0.2) is 27.1 Å². The third kappa shape index (κ3) is 3.92. The molecule has 1 aromatic heterocycles. The third-order valence-electron chi connectivity index (χ3n) is 3.36. The molecule has 0 radical (unpaired) electrons. The second-order valence-corrected chi connectivity index (χ2v) is 5.33. The second kappa shape index (κ2) is 7.32. The van der Waals surface area contributed by atoms with E-state index in [4.69, 9.17) is 0 Å². The molecule has 2 aromatic carbocycles. The van der Waals surface area contributed by atoms with Crippen LogP contribution in [0.2, 0.25) is 0 Å². The average molecular weight is 319 g/mol. The number of fused-ring (bicyclic) bond motifs is 1. The van der Waals surface area contributed by atoms with E-state index in [1.807, 2.05) is 67.6 Å². The molecule has 6 heteroatoms. The van der Waals surface area contributed by atoms with Crippen molar-refractivity contribution in [2.45, 2.75) is 13.5 Å². The summed E-state index contributed by atoms with van der Waals surface area (Å²) in [5.41, 5.74) is 6.10. The highest BCUT2D eigenvalue weighted by Crippen LogP contribution is 2.09. The summed E-state index contributed by atoms with van der Waals surface area (Å²) in [4.78, 5) is 12.0. The number of rotatable bonds is 5. The van der Waals surface area contributed by atoms with E-state index in [-0.39, 0.29) is 12.5 Å².